The van der Waals surface area contributed by atoms with Crippen molar-refractivity contribution in [3.8, 4) is 0 Å². The van der Waals surface area contributed by atoms with E-state index in [1.165, 1.54) is 31.4 Å². The van der Waals surface area contributed by atoms with Gasteiger partial charge in [-0.1, -0.05) is 18.0 Å². The third-order valence-electron chi connectivity index (χ3n) is 5.49. The molecule has 2 heterocycles. The Kier molecular flexibility index (Phi) is 7.49. The van der Waals surface area contributed by atoms with Gasteiger partial charge in [0.05, 0.1) is 16.6 Å². The van der Waals surface area contributed by atoms with E-state index in [1.807, 2.05) is 0 Å². The molecule has 3 rings (SSSR count). The Morgan fingerprint density at radius 3 is 2.08 bits per heavy atom. The molecule has 0 aromatic heterocycles. The van der Waals surface area contributed by atoms with Gasteiger partial charge in [-0.3, -0.25) is 4.90 Å². The van der Waals surface area contributed by atoms with Crippen LogP contribution in [0.4, 0.5) is 0 Å². The van der Waals surface area contributed by atoms with Gasteiger partial charge in [-0.15, -0.1) is 0 Å². The Bertz CT molecular complexity index is 459. The molecule has 0 aromatic rings. The Balaban J connectivity index is 0.000000242. The third kappa shape index (κ3) is 5.81. The van der Waals surface area contributed by atoms with Crippen molar-refractivity contribution in [3.63, 3.8) is 0 Å². The number of allylic oxidation sites excluding steroid dienone is 2. The van der Waals surface area contributed by atoms with E-state index in [4.69, 9.17) is 41.4 Å². The molecule has 0 amide bonds. The lowest BCUT2D eigenvalue weighted by molar-refractivity contribution is -0.102. The molecule has 2 aliphatic heterocycles. The van der Waals surface area contributed by atoms with Crippen molar-refractivity contribution in [1.82, 2.24) is 4.90 Å². The second-order valence-electron chi connectivity index (χ2n) is 7.24. The van der Waals surface area contributed by atoms with Crippen LogP contribution in [0.1, 0.15) is 32.1 Å². The SMILES string of the molecule is NC(N)=C/C=C(\N)Cl.[B]C(O)(C1CCOCC1)N1C[C@H]2CCC[C@H]2C1. The third-order valence-corrected chi connectivity index (χ3v) is 5.62. The molecule has 2 radical (unpaired) electrons. The number of rotatable bonds is 3. The van der Waals surface area contributed by atoms with Gasteiger partial charge < -0.3 is 27.0 Å². The van der Waals surface area contributed by atoms with Gasteiger partial charge in [-0.25, -0.2) is 0 Å². The van der Waals surface area contributed by atoms with Crippen LogP contribution in [0.5, 0.6) is 0 Å². The maximum absolute atomic E-state index is 10.6. The highest BCUT2D eigenvalue weighted by molar-refractivity contribution is 6.29. The monoisotopic (exact) mass is 368 g/mol. The Morgan fingerprint density at radius 2 is 1.64 bits per heavy atom. The fourth-order valence-electron chi connectivity index (χ4n) is 4.08. The first-order chi connectivity index (χ1) is 11.8. The molecule has 1 aliphatic carbocycles. The van der Waals surface area contributed by atoms with Gasteiger partial charge in [0.1, 0.15) is 7.85 Å². The Morgan fingerprint density at radius 1 is 1.08 bits per heavy atom. The lowest BCUT2D eigenvalue weighted by atomic mass is 9.74. The summed E-state index contributed by atoms with van der Waals surface area (Å²) in [5, 5.41) is 10.8. The van der Waals surface area contributed by atoms with Crippen LogP contribution in [0.2, 0.25) is 0 Å². The summed E-state index contributed by atoms with van der Waals surface area (Å²) in [6, 6.07) is 0. The number of nitrogens with zero attached hydrogens (tertiary/aromatic N) is 1. The van der Waals surface area contributed by atoms with E-state index in [9.17, 15) is 5.11 Å². The predicted molar refractivity (Wildman–Crippen MR) is 101 cm³/mol. The highest BCUT2D eigenvalue weighted by Gasteiger charge is 2.45. The van der Waals surface area contributed by atoms with E-state index in [2.05, 4.69) is 4.90 Å². The van der Waals surface area contributed by atoms with Gasteiger partial charge >= 0.3 is 0 Å². The standard InChI is InChI=1S/C13H22BNO2.C4H8ClN3/c14-13(16,12-4-6-17-7-5-12)15-8-10-2-1-3-11(10)9-15;5-3(6)1-2-4(7)8/h10-12,16H,1-9H2;1-2H,6-8H2/b;3-1-/t10-,11+,13?;. The van der Waals surface area contributed by atoms with Crippen LogP contribution in [0.3, 0.4) is 0 Å². The largest absolute Gasteiger partial charge is 0.389 e. The zero-order chi connectivity index (χ0) is 18.4. The summed E-state index contributed by atoms with van der Waals surface area (Å²) in [4.78, 5) is 2.14. The highest BCUT2D eigenvalue weighted by atomic mass is 35.5. The summed E-state index contributed by atoms with van der Waals surface area (Å²) in [6.07, 6.45) is 8.62. The minimum absolute atomic E-state index is 0.165. The van der Waals surface area contributed by atoms with Crippen LogP contribution in [0, 0.1) is 17.8 Å². The summed E-state index contributed by atoms with van der Waals surface area (Å²) in [6.45, 7) is 3.47. The van der Waals surface area contributed by atoms with Crippen LogP contribution in [0.15, 0.2) is 23.1 Å². The van der Waals surface area contributed by atoms with Crippen molar-refractivity contribution in [3.05, 3.63) is 23.1 Å². The molecule has 1 saturated carbocycles. The molecule has 3 atom stereocenters. The average molecular weight is 369 g/mol. The molecule has 0 aromatic carbocycles. The van der Waals surface area contributed by atoms with Crippen molar-refractivity contribution in [2.75, 3.05) is 26.3 Å². The number of hydrogen-bond acceptors (Lipinski definition) is 6. The van der Waals surface area contributed by atoms with Crippen LogP contribution in [-0.2, 0) is 4.74 Å². The van der Waals surface area contributed by atoms with Crippen molar-refractivity contribution in [1.29, 1.82) is 0 Å². The van der Waals surface area contributed by atoms with Gasteiger partial charge in [0, 0.05) is 26.3 Å². The Labute approximate surface area is 156 Å². The van der Waals surface area contributed by atoms with Crippen LogP contribution >= 0.6 is 11.6 Å². The number of hydrogen-bond donors (Lipinski definition) is 4. The van der Waals surface area contributed by atoms with Gasteiger partial charge in [-0.2, -0.15) is 0 Å². The first-order valence-electron chi connectivity index (χ1n) is 8.98. The zero-order valence-electron chi connectivity index (χ0n) is 14.7. The lowest BCUT2D eigenvalue weighted by Crippen LogP contribution is -2.55. The van der Waals surface area contributed by atoms with E-state index in [0.29, 0.717) is 0 Å². The quantitative estimate of drug-likeness (QED) is 0.332. The molecule has 3 fully saturated rings. The smallest absolute Gasteiger partial charge is 0.136 e. The van der Waals surface area contributed by atoms with Crippen molar-refractivity contribution in [2.45, 2.75) is 37.7 Å². The molecule has 0 spiro atoms. The van der Waals surface area contributed by atoms with E-state index in [0.717, 1.165) is 51.0 Å². The minimum atomic E-state index is -1.10. The fraction of sp³-hybridized carbons (Fsp3) is 0.765. The normalized spacial score (nSPS) is 30.1. The Hall–Kier alpha value is -0.885. The number of aliphatic hydroxyl groups is 1. The van der Waals surface area contributed by atoms with Gasteiger partial charge in [0.25, 0.3) is 0 Å². The zero-order valence-corrected chi connectivity index (χ0v) is 15.5. The van der Waals surface area contributed by atoms with Gasteiger partial charge in [0.15, 0.2) is 0 Å². The van der Waals surface area contributed by atoms with Crippen LogP contribution in [-0.4, -0.2) is 49.8 Å². The summed E-state index contributed by atoms with van der Waals surface area (Å²) in [5.41, 5.74) is 14.0. The second kappa shape index (κ2) is 9.17. The minimum Gasteiger partial charge on any atom is -0.389 e. The molecule has 1 unspecified atom stereocenters. The fourth-order valence-corrected chi connectivity index (χ4v) is 4.15. The van der Waals surface area contributed by atoms with E-state index in [-0.39, 0.29) is 16.9 Å². The maximum atomic E-state index is 10.6. The number of fused-ring (bicyclic) bond motifs is 1. The number of ether oxygens (including phenoxy) is 1. The molecular weight excluding hydrogens is 338 g/mol. The first kappa shape index (κ1) is 20.4. The second-order valence-corrected chi connectivity index (χ2v) is 7.68. The summed E-state index contributed by atoms with van der Waals surface area (Å²) in [5.74, 6) is 1.93. The topological polar surface area (TPSA) is 111 Å². The number of likely N-dealkylation sites (tertiary alicyclic amines) is 1. The summed E-state index contributed by atoms with van der Waals surface area (Å²) < 4.78 is 5.35. The molecule has 8 heteroatoms. The molecule has 6 nitrogen and oxygen atoms in total. The van der Waals surface area contributed by atoms with E-state index in [1.54, 1.807) is 0 Å². The van der Waals surface area contributed by atoms with Gasteiger partial charge in [-0.05, 0) is 55.6 Å². The van der Waals surface area contributed by atoms with Crippen LogP contribution < -0.4 is 17.2 Å². The molecular formula is C17H30BClN4O2. The number of halogens is 1. The van der Waals surface area contributed by atoms with Crippen molar-refractivity contribution in [2.24, 2.45) is 35.0 Å². The van der Waals surface area contributed by atoms with Crippen molar-refractivity contribution < 1.29 is 9.84 Å². The molecule has 25 heavy (non-hydrogen) atoms. The maximum Gasteiger partial charge on any atom is 0.136 e. The van der Waals surface area contributed by atoms with E-state index >= 15 is 0 Å². The summed E-state index contributed by atoms with van der Waals surface area (Å²) >= 11 is 5.21. The van der Waals surface area contributed by atoms with Gasteiger partial charge in [0.2, 0.25) is 0 Å². The molecule has 2 saturated heterocycles. The van der Waals surface area contributed by atoms with Crippen LogP contribution in [0.25, 0.3) is 0 Å². The highest BCUT2D eigenvalue weighted by Crippen LogP contribution is 2.41. The lowest BCUT2D eigenvalue weighted by Gasteiger charge is -2.43. The predicted octanol–water partition coefficient (Wildman–Crippen LogP) is 0.744. The summed E-state index contributed by atoms with van der Waals surface area (Å²) in [7, 11) is 6.23. The molecule has 7 N–H and O–H groups in total. The molecule has 140 valence electrons. The molecule has 3 aliphatic rings. The number of nitrogens with two attached hydrogens (primary N) is 3. The average Bonchev–Trinajstić information content (AvgIpc) is 3.16. The van der Waals surface area contributed by atoms with Crippen molar-refractivity contribution >= 4 is 19.4 Å². The molecule has 0 bridgehead atoms. The van der Waals surface area contributed by atoms with E-state index < -0.39 is 5.62 Å². The first-order valence-corrected chi connectivity index (χ1v) is 9.36.